The molecule has 1 heterocycles. The zero-order valence-electron chi connectivity index (χ0n) is 31.5. The minimum atomic E-state index is -3.52. The van der Waals surface area contributed by atoms with Crippen molar-refractivity contribution in [3.63, 3.8) is 0 Å². The van der Waals surface area contributed by atoms with E-state index < -0.39 is 13.4 Å². The number of para-hydroxylation sites is 2. The standard InChI is InChI=1S/C41H59ClN4Si/c1-28(2)33-22-18-23-34(29(3)4)37(33)44-26-27-45(38-35(30(5)6)24-19-25-36(38)31(7)8)47(44,42)46(41(12,13)14)39(43-40(9,10)11)32-20-16-15-17-21-32/h15-31H,1-14H3. The van der Waals surface area contributed by atoms with Crippen molar-refractivity contribution in [2.75, 3.05) is 9.13 Å². The van der Waals surface area contributed by atoms with Gasteiger partial charge in [0.05, 0.1) is 5.54 Å². The summed E-state index contributed by atoms with van der Waals surface area (Å²) in [5.41, 5.74) is 8.02. The number of amidine groups is 1. The molecule has 0 saturated carbocycles. The molecule has 0 N–H and O–H groups in total. The summed E-state index contributed by atoms with van der Waals surface area (Å²) in [6.07, 6.45) is 4.54. The van der Waals surface area contributed by atoms with Crippen LogP contribution in [0.4, 0.5) is 11.4 Å². The topological polar surface area (TPSA) is 22.1 Å². The molecule has 0 aliphatic carbocycles. The molecule has 4 rings (SSSR count). The molecule has 4 nitrogen and oxygen atoms in total. The molecule has 47 heavy (non-hydrogen) atoms. The molecule has 0 atom stereocenters. The van der Waals surface area contributed by atoms with Gasteiger partial charge in [-0.25, -0.2) is 0 Å². The Morgan fingerprint density at radius 2 is 0.957 bits per heavy atom. The molecule has 0 saturated heterocycles. The maximum absolute atomic E-state index is 8.78. The minimum absolute atomic E-state index is 0.315. The van der Waals surface area contributed by atoms with Gasteiger partial charge in [-0.1, -0.05) is 133 Å². The summed E-state index contributed by atoms with van der Waals surface area (Å²) in [6, 6.07) is 24.2. The molecule has 0 fully saturated rings. The summed E-state index contributed by atoms with van der Waals surface area (Å²) in [6.45, 7) is 31.7. The fourth-order valence-electron chi connectivity index (χ4n) is 6.70. The third-order valence-electron chi connectivity index (χ3n) is 8.79. The lowest BCUT2D eigenvalue weighted by molar-refractivity contribution is 0.343. The lowest BCUT2D eigenvalue weighted by Crippen LogP contribution is -2.74. The highest BCUT2D eigenvalue weighted by atomic mass is 35.6. The van der Waals surface area contributed by atoms with Crippen LogP contribution in [0.25, 0.3) is 0 Å². The highest BCUT2D eigenvalue weighted by Crippen LogP contribution is 2.49. The molecule has 3 aromatic rings. The van der Waals surface area contributed by atoms with Gasteiger partial charge in [0.1, 0.15) is 5.84 Å². The van der Waals surface area contributed by atoms with Crippen molar-refractivity contribution in [3.8, 4) is 0 Å². The van der Waals surface area contributed by atoms with E-state index in [1.54, 1.807) is 0 Å². The van der Waals surface area contributed by atoms with E-state index in [1.165, 1.54) is 33.6 Å². The van der Waals surface area contributed by atoms with Gasteiger partial charge in [-0.15, -0.1) is 0 Å². The number of halogens is 1. The molecular weight excluding hydrogens is 612 g/mol. The number of rotatable bonds is 8. The molecule has 0 aromatic heterocycles. The number of benzene rings is 3. The third-order valence-corrected chi connectivity index (χ3v) is 13.8. The Hall–Kier alpha value is -3.02. The molecule has 254 valence electrons. The summed E-state index contributed by atoms with van der Waals surface area (Å²) in [5, 5.41) is 0. The van der Waals surface area contributed by atoms with Crippen LogP contribution in [0.3, 0.4) is 0 Å². The number of anilines is 2. The van der Waals surface area contributed by atoms with E-state index >= 15 is 0 Å². The Labute approximate surface area is 292 Å². The smallest absolute Gasteiger partial charge is 0.332 e. The van der Waals surface area contributed by atoms with Gasteiger partial charge in [-0.2, -0.15) is 0 Å². The molecule has 0 amide bonds. The van der Waals surface area contributed by atoms with E-state index in [2.05, 4.69) is 190 Å². The normalized spacial score (nSPS) is 15.6. The summed E-state index contributed by atoms with van der Waals surface area (Å²) in [4.78, 5) is 5.53. The first kappa shape index (κ1) is 36.8. The minimum Gasteiger partial charge on any atom is -0.332 e. The maximum atomic E-state index is 8.78. The number of hydrogen-bond acceptors (Lipinski definition) is 3. The Kier molecular flexibility index (Phi) is 10.8. The van der Waals surface area contributed by atoms with Crippen LogP contribution in [0.1, 0.15) is 148 Å². The van der Waals surface area contributed by atoms with Crippen molar-refractivity contribution < 1.29 is 0 Å². The predicted molar refractivity (Wildman–Crippen MR) is 209 cm³/mol. The zero-order chi connectivity index (χ0) is 35.1. The van der Waals surface area contributed by atoms with Crippen LogP contribution in [0, 0.1) is 0 Å². The van der Waals surface area contributed by atoms with Crippen LogP contribution in [0.5, 0.6) is 0 Å². The van der Waals surface area contributed by atoms with Crippen LogP contribution < -0.4 is 9.13 Å². The first-order chi connectivity index (χ1) is 21.8. The van der Waals surface area contributed by atoms with Crippen molar-refractivity contribution in [1.29, 1.82) is 0 Å². The molecule has 1 aliphatic heterocycles. The van der Waals surface area contributed by atoms with Crippen LogP contribution in [0.15, 0.2) is 84.1 Å². The maximum Gasteiger partial charge on any atom is 0.496 e. The first-order valence-electron chi connectivity index (χ1n) is 17.5. The molecular formula is C41H59ClN4Si. The van der Waals surface area contributed by atoms with E-state index in [0.29, 0.717) is 23.7 Å². The monoisotopic (exact) mass is 670 g/mol. The third kappa shape index (κ3) is 7.37. The summed E-state index contributed by atoms with van der Waals surface area (Å²) >= 11 is 8.78. The number of aliphatic imine (C=N–C) groups is 1. The van der Waals surface area contributed by atoms with Crippen molar-refractivity contribution in [3.05, 3.63) is 107 Å². The van der Waals surface area contributed by atoms with E-state index in [4.69, 9.17) is 16.1 Å². The van der Waals surface area contributed by atoms with Crippen molar-refractivity contribution in [2.45, 2.75) is 132 Å². The van der Waals surface area contributed by atoms with Gasteiger partial charge in [0.15, 0.2) is 0 Å². The lowest BCUT2D eigenvalue weighted by atomic mass is 9.92. The van der Waals surface area contributed by atoms with Gasteiger partial charge in [0.25, 0.3) is 0 Å². The average molecular weight is 671 g/mol. The molecule has 1 aliphatic rings. The summed E-state index contributed by atoms with van der Waals surface area (Å²) < 4.78 is 7.46. The van der Waals surface area contributed by atoms with Crippen LogP contribution in [-0.2, 0) is 0 Å². The lowest BCUT2D eigenvalue weighted by Gasteiger charge is -2.53. The number of nitrogens with zero attached hydrogens (tertiary/aromatic N) is 4. The summed E-state index contributed by atoms with van der Waals surface area (Å²) in [5.74, 6) is 2.18. The zero-order valence-corrected chi connectivity index (χ0v) is 33.2. The second-order valence-electron chi connectivity index (χ2n) is 16.3. The second-order valence-corrected chi connectivity index (χ2v) is 20.3. The molecule has 0 bridgehead atoms. The molecule has 0 spiro atoms. The van der Waals surface area contributed by atoms with Gasteiger partial charge in [0, 0.05) is 34.9 Å². The van der Waals surface area contributed by atoms with Gasteiger partial charge in [-0.05, 0) is 87.5 Å². The van der Waals surface area contributed by atoms with Crippen molar-refractivity contribution in [2.24, 2.45) is 4.99 Å². The average Bonchev–Trinajstić information content (AvgIpc) is 3.30. The molecule has 6 heteroatoms. The highest BCUT2D eigenvalue weighted by Gasteiger charge is 2.60. The van der Waals surface area contributed by atoms with Gasteiger partial charge < -0.3 is 13.7 Å². The van der Waals surface area contributed by atoms with E-state index in [1.807, 2.05) is 0 Å². The van der Waals surface area contributed by atoms with Gasteiger partial charge in [0.2, 0.25) is 0 Å². The SMILES string of the molecule is CC(C)c1cccc(C(C)C)c1N1C=CN(c2c(C(C)C)cccc2C(C)C)[Si]1(Cl)N(C(=NC(C)(C)C)c1ccccc1)C(C)(C)C. The quantitative estimate of drug-likeness (QED) is 0.103. The predicted octanol–water partition coefficient (Wildman–Crippen LogP) is 12.0. The highest BCUT2D eigenvalue weighted by molar-refractivity contribution is 7.24. The Bertz CT molecular complexity index is 1470. The fraction of sp³-hybridized carbons (Fsp3) is 0.488. The van der Waals surface area contributed by atoms with E-state index in [9.17, 15) is 0 Å². The second kappa shape index (κ2) is 13.8. The van der Waals surface area contributed by atoms with Crippen LogP contribution >= 0.6 is 11.1 Å². The molecule has 3 aromatic carbocycles. The van der Waals surface area contributed by atoms with Crippen molar-refractivity contribution in [1.82, 2.24) is 4.57 Å². The Morgan fingerprint density at radius 3 is 1.26 bits per heavy atom. The molecule has 0 radical (unpaired) electrons. The molecule has 0 unspecified atom stereocenters. The van der Waals surface area contributed by atoms with E-state index in [-0.39, 0.29) is 5.54 Å². The van der Waals surface area contributed by atoms with E-state index in [0.717, 1.165) is 11.4 Å². The van der Waals surface area contributed by atoms with Crippen LogP contribution in [-0.4, -0.2) is 29.3 Å². The first-order valence-corrected chi connectivity index (χ1v) is 20.3. The number of hydrogen-bond donors (Lipinski definition) is 0. The Balaban J connectivity index is 2.23. The van der Waals surface area contributed by atoms with Crippen molar-refractivity contribution >= 4 is 36.2 Å². The van der Waals surface area contributed by atoms with Crippen LogP contribution in [0.2, 0.25) is 0 Å². The van der Waals surface area contributed by atoms with Gasteiger partial charge in [-0.3, -0.25) is 4.99 Å². The largest absolute Gasteiger partial charge is 0.496 e. The van der Waals surface area contributed by atoms with Gasteiger partial charge >= 0.3 is 7.87 Å². The fourth-order valence-corrected chi connectivity index (χ4v) is 12.1. The Morgan fingerprint density at radius 1 is 0.596 bits per heavy atom. The summed E-state index contributed by atoms with van der Waals surface area (Å²) in [7, 11) is -3.52.